The average molecular weight is 213 g/mol. The maximum absolute atomic E-state index is 5.64. The Morgan fingerprint density at radius 1 is 1.19 bits per heavy atom. The molecule has 0 unspecified atom stereocenters. The third kappa shape index (κ3) is 2.37. The molecule has 2 aromatic heterocycles. The zero-order valence-corrected chi connectivity index (χ0v) is 9.35. The van der Waals surface area contributed by atoms with E-state index in [0.29, 0.717) is 5.82 Å². The van der Waals surface area contributed by atoms with Gasteiger partial charge in [0.2, 0.25) is 0 Å². The molecule has 0 radical (unpaired) electrons. The summed E-state index contributed by atoms with van der Waals surface area (Å²) in [4.78, 5) is 8.65. The van der Waals surface area contributed by atoms with Crippen molar-refractivity contribution in [3.63, 3.8) is 0 Å². The molecule has 0 atom stereocenters. The van der Waals surface area contributed by atoms with Crippen LogP contribution in [0.2, 0.25) is 0 Å². The topological polar surface area (TPSA) is 51.8 Å². The predicted octanol–water partition coefficient (Wildman–Crippen LogP) is 2.68. The van der Waals surface area contributed by atoms with Crippen LogP contribution >= 0.6 is 0 Å². The Morgan fingerprint density at radius 2 is 2.06 bits per heavy atom. The van der Waals surface area contributed by atoms with E-state index in [1.165, 1.54) is 0 Å². The highest BCUT2D eigenvalue weighted by Gasteiger charge is 2.00. The molecule has 0 aromatic carbocycles. The fourth-order valence-electron chi connectivity index (χ4n) is 1.59. The highest BCUT2D eigenvalue weighted by molar-refractivity contribution is 5.59. The van der Waals surface area contributed by atoms with Gasteiger partial charge in [0.25, 0.3) is 0 Å². The number of pyridine rings is 2. The van der Waals surface area contributed by atoms with Gasteiger partial charge in [-0.1, -0.05) is 19.4 Å². The standard InChI is InChI=1S/C13H15N3/c1-2-4-11-8-7-10(9-15-11)12-5-3-6-13(14)16-12/h3,5-9H,2,4H2,1H3,(H2,14,16). The van der Waals surface area contributed by atoms with E-state index in [9.17, 15) is 0 Å². The van der Waals surface area contributed by atoms with Crippen LogP contribution in [-0.4, -0.2) is 9.97 Å². The van der Waals surface area contributed by atoms with Gasteiger partial charge in [0.1, 0.15) is 5.82 Å². The smallest absolute Gasteiger partial charge is 0.124 e. The van der Waals surface area contributed by atoms with Crippen molar-refractivity contribution in [2.75, 3.05) is 5.73 Å². The molecule has 0 fully saturated rings. The lowest BCUT2D eigenvalue weighted by Gasteiger charge is -2.02. The first-order valence-corrected chi connectivity index (χ1v) is 5.47. The molecule has 3 nitrogen and oxygen atoms in total. The molecule has 2 aromatic rings. The zero-order valence-electron chi connectivity index (χ0n) is 9.35. The number of hydrogen-bond donors (Lipinski definition) is 1. The SMILES string of the molecule is CCCc1ccc(-c2cccc(N)n2)cn1. The third-order valence-electron chi connectivity index (χ3n) is 2.40. The summed E-state index contributed by atoms with van der Waals surface area (Å²) in [6.45, 7) is 2.15. The van der Waals surface area contributed by atoms with E-state index in [1.807, 2.05) is 30.5 Å². The molecular formula is C13H15N3. The van der Waals surface area contributed by atoms with Crippen LogP contribution in [0, 0.1) is 0 Å². The van der Waals surface area contributed by atoms with Crippen LogP contribution in [-0.2, 0) is 6.42 Å². The second kappa shape index (κ2) is 4.75. The first-order chi connectivity index (χ1) is 7.79. The van der Waals surface area contributed by atoms with Crippen molar-refractivity contribution < 1.29 is 0 Å². The van der Waals surface area contributed by atoms with Crippen LogP contribution in [0.25, 0.3) is 11.3 Å². The molecule has 2 rings (SSSR count). The summed E-state index contributed by atoms with van der Waals surface area (Å²) >= 11 is 0. The first kappa shape index (κ1) is 10.6. The van der Waals surface area contributed by atoms with Gasteiger partial charge in [0, 0.05) is 17.5 Å². The summed E-state index contributed by atoms with van der Waals surface area (Å²) in [5, 5.41) is 0. The Morgan fingerprint density at radius 3 is 2.69 bits per heavy atom. The molecule has 0 amide bonds. The summed E-state index contributed by atoms with van der Waals surface area (Å²) in [5.41, 5.74) is 8.64. The molecule has 0 bridgehead atoms. The van der Waals surface area contributed by atoms with Crippen molar-refractivity contribution in [1.29, 1.82) is 0 Å². The number of rotatable bonds is 3. The second-order valence-corrected chi connectivity index (χ2v) is 3.74. The Balaban J connectivity index is 2.27. The van der Waals surface area contributed by atoms with Crippen LogP contribution < -0.4 is 5.73 Å². The van der Waals surface area contributed by atoms with Crippen molar-refractivity contribution >= 4 is 5.82 Å². The van der Waals surface area contributed by atoms with Gasteiger partial charge in [0.05, 0.1) is 5.69 Å². The zero-order chi connectivity index (χ0) is 11.4. The first-order valence-electron chi connectivity index (χ1n) is 5.47. The second-order valence-electron chi connectivity index (χ2n) is 3.74. The van der Waals surface area contributed by atoms with Gasteiger partial charge < -0.3 is 5.73 Å². The van der Waals surface area contributed by atoms with Gasteiger partial charge in [0.15, 0.2) is 0 Å². The number of aryl methyl sites for hydroxylation is 1. The Bertz CT molecular complexity index is 463. The van der Waals surface area contributed by atoms with Crippen molar-refractivity contribution in [3.05, 3.63) is 42.2 Å². The van der Waals surface area contributed by atoms with Crippen LogP contribution in [0.4, 0.5) is 5.82 Å². The molecule has 16 heavy (non-hydrogen) atoms. The molecule has 0 aliphatic carbocycles. The number of aromatic nitrogens is 2. The summed E-state index contributed by atoms with van der Waals surface area (Å²) in [6, 6.07) is 9.70. The normalized spacial score (nSPS) is 10.3. The molecule has 0 aliphatic rings. The fraction of sp³-hybridized carbons (Fsp3) is 0.231. The van der Waals surface area contributed by atoms with Gasteiger partial charge in [-0.25, -0.2) is 4.98 Å². The third-order valence-corrected chi connectivity index (χ3v) is 2.40. The Hall–Kier alpha value is -1.90. The summed E-state index contributed by atoms with van der Waals surface area (Å²) < 4.78 is 0. The van der Waals surface area contributed by atoms with Crippen molar-refractivity contribution in [1.82, 2.24) is 9.97 Å². The van der Waals surface area contributed by atoms with Crippen LogP contribution in [0.15, 0.2) is 36.5 Å². The van der Waals surface area contributed by atoms with Gasteiger partial charge >= 0.3 is 0 Å². The van der Waals surface area contributed by atoms with Crippen molar-refractivity contribution in [3.8, 4) is 11.3 Å². The average Bonchev–Trinajstić information content (AvgIpc) is 2.30. The van der Waals surface area contributed by atoms with Crippen LogP contribution in [0.3, 0.4) is 0 Å². The van der Waals surface area contributed by atoms with Crippen LogP contribution in [0.1, 0.15) is 19.0 Å². The molecule has 82 valence electrons. The lowest BCUT2D eigenvalue weighted by atomic mass is 10.1. The van der Waals surface area contributed by atoms with Gasteiger partial charge in [-0.15, -0.1) is 0 Å². The highest BCUT2D eigenvalue weighted by Crippen LogP contribution is 2.17. The minimum absolute atomic E-state index is 0.537. The molecular weight excluding hydrogens is 198 g/mol. The maximum atomic E-state index is 5.64. The van der Waals surface area contributed by atoms with E-state index in [4.69, 9.17) is 5.73 Å². The fourth-order valence-corrected chi connectivity index (χ4v) is 1.59. The van der Waals surface area contributed by atoms with E-state index in [-0.39, 0.29) is 0 Å². The van der Waals surface area contributed by atoms with Crippen molar-refractivity contribution in [2.45, 2.75) is 19.8 Å². The molecule has 0 saturated carbocycles. The molecule has 0 aliphatic heterocycles. The van der Waals surface area contributed by atoms with Gasteiger partial charge in [-0.2, -0.15) is 0 Å². The summed E-state index contributed by atoms with van der Waals surface area (Å²) in [7, 11) is 0. The summed E-state index contributed by atoms with van der Waals surface area (Å²) in [6.07, 6.45) is 3.99. The van der Waals surface area contributed by atoms with E-state index >= 15 is 0 Å². The van der Waals surface area contributed by atoms with E-state index in [1.54, 1.807) is 6.07 Å². The van der Waals surface area contributed by atoms with E-state index in [0.717, 1.165) is 29.8 Å². The number of nitrogens with two attached hydrogens (primary N) is 1. The lowest BCUT2D eigenvalue weighted by molar-refractivity contribution is 0.883. The number of nitrogen functional groups attached to an aromatic ring is 1. The lowest BCUT2D eigenvalue weighted by Crippen LogP contribution is -1.93. The van der Waals surface area contributed by atoms with Gasteiger partial charge in [-0.05, 0) is 30.7 Å². The van der Waals surface area contributed by atoms with Crippen LogP contribution in [0.5, 0.6) is 0 Å². The Kier molecular flexibility index (Phi) is 3.15. The van der Waals surface area contributed by atoms with Crippen molar-refractivity contribution in [2.24, 2.45) is 0 Å². The molecule has 2 heterocycles. The molecule has 2 N–H and O–H groups in total. The monoisotopic (exact) mass is 213 g/mol. The molecule has 0 saturated heterocycles. The number of hydrogen-bond acceptors (Lipinski definition) is 3. The molecule has 3 heteroatoms. The summed E-state index contributed by atoms with van der Waals surface area (Å²) in [5.74, 6) is 0.537. The number of nitrogens with zero attached hydrogens (tertiary/aromatic N) is 2. The Labute approximate surface area is 95.4 Å². The molecule has 0 spiro atoms. The highest BCUT2D eigenvalue weighted by atomic mass is 14.8. The van der Waals surface area contributed by atoms with E-state index < -0.39 is 0 Å². The van der Waals surface area contributed by atoms with E-state index in [2.05, 4.69) is 16.9 Å². The maximum Gasteiger partial charge on any atom is 0.124 e. The quantitative estimate of drug-likeness (QED) is 0.852. The predicted molar refractivity (Wildman–Crippen MR) is 65.9 cm³/mol. The largest absolute Gasteiger partial charge is 0.384 e. The minimum Gasteiger partial charge on any atom is -0.384 e. The minimum atomic E-state index is 0.537. The van der Waals surface area contributed by atoms with Gasteiger partial charge in [-0.3, -0.25) is 4.98 Å². The number of anilines is 1.